The lowest BCUT2D eigenvalue weighted by Crippen LogP contribution is -2.19. The lowest BCUT2D eigenvalue weighted by atomic mass is 9.78. The first-order valence-electron chi connectivity index (χ1n) is 6.70. The molecule has 1 N–H and O–H groups in total. The van der Waals surface area contributed by atoms with Crippen molar-refractivity contribution in [2.45, 2.75) is 44.9 Å². The third-order valence-corrected chi connectivity index (χ3v) is 3.60. The summed E-state index contributed by atoms with van der Waals surface area (Å²) < 4.78 is 0. The van der Waals surface area contributed by atoms with E-state index in [1.54, 1.807) is 11.1 Å². The smallest absolute Gasteiger partial charge is 0.000825 e. The van der Waals surface area contributed by atoms with E-state index >= 15 is 0 Å². The Morgan fingerprint density at radius 1 is 1.19 bits per heavy atom. The van der Waals surface area contributed by atoms with Crippen molar-refractivity contribution in [2.24, 2.45) is 0 Å². The van der Waals surface area contributed by atoms with E-state index in [9.17, 15) is 0 Å². The van der Waals surface area contributed by atoms with Crippen LogP contribution in [0, 0.1) is 0 Å². The fourth-order valence-electron chi connectivity index (χ4n) is 2.40. The molecule has 1 aromatic rings. The minimum Gasteiger partial charge on any atom is -0.316 e. The van der Waals surface area contributed by atoms with E-state index in [0.717, 1.165) is 19.0 Å². The van der Waals surface area contributed by atoms with Gasteiger partial charge in [-0.2, -0.15) is 0 Å². The Hall–Kier alpha value is -0.820. The van der Waals surface area contributed by atoms with Crippen LogP contribution in [0.3, 0.4) is 0 Å². The van der Waals surface area contributed by atoms with E-state index in [4.69, 9.17) is 0 Å². The molecular formula is C15H23N. The van der Waals surface area contributed by atoms with Crippen molar-refractivity contribution in [1.29, 1.82) is 0 Å². The van der Waals surface area contributed by atoms with Gasteiger partial charge in [-0.05, 0) is 55.8 Å². The molecule has 16 heavy (non-hydrogen) atoms. The van der Waals surface area contributed by atoms with Gasteiger partial charge >= 0.3 is 0 Å². The third-order valence-electron chi connectivity index (χ3n) is 3.60. The highest BCUT2D eigenvalue weighted by atomic mass is 14.8. The van der Waals surface area contributed by atoms with Crippen LogP contribution in [0.15, 0.2) is 24.3 Å². The Balaban J connectivity index is 1.91. The molecule has 0 aliphatic heterocycles. The highest BCUT2D eigenvalue weighted by Gasteiger charge is 2.21. The highest BCUT2D eigenvalue weighted by molar-refractivity contribution is 5.31. The molecule has 1 aliphatic carbocycles. The predicted octanol–water partition coefficient (Wildman–Crippen LogP) is 3.50. The second-order valence-electron chi connectivity index (χ2n) is 4.83. The van der Waals surface area contributed by atoms with Gasteiger partial charge in [-0.25, -0.2) is 0 Å². The first kappa shape index (κ1) is 11.7. The van der Waals surface area contributed by atoms with Gasteiger partial charge in [0.2, 0.25) is 0 Å². The van der Waals surface area contributed by atoms with Gasteiger partial charge in [0.25, 0.3) is 0 Å². The van der Waals surface area contributed by atoms with Crippen LogP contribution in [-0.2, 0) is 6.42 Å². The zero-order valence-corrected chi connectivity index (χ0v) is 10.3. The van der Waals surface area contributed by atoms with Crippen LogP contribution in [0.4, 0.5) is 0 Å². The molecule has 1 nitrogen and oxygen atoms in total. The molecule has 0 unspecified atom stereocenters. The summed E-state index contributed by atoms with van der Waals surface area (Å²) in [6, 6.07) is 9.01. The first-order valence-corrected chi connectivity index (χ1v) is 6.70. The summed E-state index contributed by atoms with van der Waals surface area (Å²) in [6.07, 6.45) is 6.64. The normalized spacial score (nSPS) is 16.1. The Bertz CT molecular complexity index is 315. The Labute approximate surface area is 99.3 Å². The number of benzene rings is 1. The van der Waals surface area contributed by atoms with Gasteiger partial charge in [-0.1, -0.05) is 37.6 Å². The second kappa shape index (κ2) is 6.05. The molecular weight excluding hydrogens is 194 g/mol. The van der Waals surface area contributed by atoms with Gasteiger partial charge in [0.15, 0.2) is 0 Å². The fourth-order valence-corrected chi connectivity index (χ4v) is 2.40. The van der Waals surface area contributed by atoms with Crippen LogP contribution >= 0.6 is 0 Å². The zero-order valence-electron chi connectivity index (χ0n) is 10.3. The molecule has 1 aliphatic rings. The average molecular weight is 217 g/mol. The largest absolute Gasteiger partial charge is 0.316 e. The van der Waals surface area contributed by atoms with Crippen molar-refractivity contribution in [1.82, 2.24) is 5.32 Å². The first-order chi connectivity index (χ1) is 7.92. The lowest BCUT2D eigenvalue weighted by Gasteiger charge is -2.28. The number of hydrogen-bond donors (Lipinski definition) is 1. The van der Waals surface area contributed by atoms with Gasteiger partial charge in [0.1, 0.15) is 0 Å². The van der Waals surface area contributed by atoms with E-state index in [1.165, 1.54) is 32.1 Å². The molecule has 0 aromatic heterocycles. The van der Waals surface area contributed by atoms with E-state index in [2.05, 4.69) is 36.5 Å². The van der Waals surface area contributed by atoms with Crippen LogP contribution < -0.4 is 5.32 Å². The van der Waals surface area contributed by atoms with Crippen LogP contribution in [0.1, 0.15) is 49.7 Å². The maximum Gasteiger partial charge on any atom is -0.000825 e. The molecule has 0 amide bonds. The Morgan fingerprint density at radius 3 is 2.69 bits per heavy atom. The van der Waals surface area contributed by atoms with Gasteiger partial charge in [0, 0.05) is 0 Å². The van der Waals surface area contributed by atoms with Gasteiger partial charge < -0.3 is 5.32 Å². The standard InChI is InChI=1S/C15H23N/c1-2-11-16-12-10-14-6-3-4-9-15(14)13-7-5-8-13/h3-4,6,9,13,16H,2,5,7-8,10-12H2,1H3. The SMILES string of the molecule is CCCNCCc1ccccc1C1CCC1. The van der Waals surface area contributed by atoms with Crippen molar-refractivity contribution in [2.75, 3.05) is 13.1 Å². The van der Waals surface area contributed by atoms with Crippen LogP contribution in [-0.4, -0.2) is 13.1 Å². The van der Waals surface area contributed by atoms with E-state index in [0.29, 0.717) is 0 Å². The zero-order chi connectivity index (χ0) is 11.2. The summed E-state index contributed by atoms with van der Waals surface area (Å²) in [6.45, 7) is 4.48. The molecule has 1 fully saturated rings. The van der Waals surface area contributed by atoms with Gasteiger partial charge in [0.05, 0.1) is 0 Å². The third kappa shape index (κ3) is 2.85. The van der Waals surface area contributed by atoms with Crippen molar-refractivity contribution in [3.05, 3.63) is 35.4 Å². The van der Waals surface area contributed by atoms with Crippen molar-refractivity contribution < 1.29 is 0 Å². The Morgan fingerprint density at radius 2 is 2.00 bits per heavy atom. The highest BCUT2D eigenvalue weighted by Crippen LogP contribution is 2.37. The topological polar surface area (TPSA) is 12.0 Å². The molecule has 1 heteroatoms. The predicted molar refractivity (Wildman–Crippen MR) is 69.9 cm³/mol. The van der Waals surface area contributed by atoms with E-state index in [-0.39, 0.29) is 0 Å². The maximum absolute atomic E-state index is 3.49. The minimum atomic E-state index is 0.863. The van der Waals surface area contributed by atoms with E-state index < -0.39 is 0 Å². The van der Waals surface area contributed by atoms with E-state index in [1.807, 2.05) is 0 Å². The maximum atomic E-state index is 3.49. The fraction of sp³-hybridized carbons (Fsp3) is 0.600. The van der Waals surface area contributed by atoms with Crippen LogP contribution in [0.2, 0.25) is 0 Å². The summed E-state index contributed by atoms with van der Waals surface area (Å²) in [5.41, 5.74) is 3.18. The molecule has 88 valence electrons. The monoisotopic (exact) mass is 217 g/mol. The van der Waals surface area contributed by atoms with Crippen molar-refractivity contribution >= 4 is 0 Å². The molecule has 0 heterocycles. The molecule has 0 atom stereocenters. The Kier molecular flexibility index (Phi) is 4.41. The molecule has 0 spiro atoms. The van der Waals surface area contributed by atoms with Crippen LogP contribution in [0.25, 0.3) is 0 Å². The summed E-state index contributed by atoms with van der Waals surface area (Å²) >= 11 is 0. The van der Waals surface area contributed by atoms with Gasteiger partial charge in [-0.15, -0.1) is 0 Å². The summed E-state index contributed by atoms with van der Waals surface area (Å²) in [4.78, 5) is 0. The lowest BCUT2D eigenvalue weighted by molar-refractivity contribution is 0.417. The quantitative estimate of drug-likeness (QED) is 0.719. The van der Waals surface area contributed by atoms with Crippen molar-refractivity contribution in [3.8, 4) is 0 Å². The van der Waals surface area contributed by atoms with Gasteiger partial charge in [-0.3, -0.25) is 0 Å². The number of rotatable bonds is 6. The summed E-state index contributed by atoms with van der Waals surface area (Å²) in [5.74, 6) is 0.863. The average Bonchev–Trinajstić information content (AvgIpc) is 2.24. The summed E-state index contributed by atoms with van der Waals surface area (Å²) in [5, 5.41) is 3.49. The number of hydrogen-bond acceptors (Lipinski definition) is 1. The molecule has 0 radical (unpaired) electrons. The minimum absolute atomic E-state index is 0.863. The molecule has 0 saturated heterocycles. The van der Waals surface area contributed by atoms with Crippen LogP contribution in [0.5, 0.6) is 0 Å². The van der Waals surface area contributed by atoms with Crippen molar-refractivity contribution in [3.63, 3.8) is 0 Å². The molecule has 0 bridgehead atoms. The molecule has 2 rings (SSSR count). The molecule has 1 saturated carbocycles. The molecule has 1 aromatic carbocycles. The number of nitrogens with one attached hydrogen (secondary N) is 1. The summed E-state index contributed by atoms with van der Waals surface area (Å²) in [7, 11) is 0. The second-order valence-corrected chi connectivity index (χ2v) is 4.83.